The summed E-state index contributed by atoms with van der Waals surface area (Å²) in [6.07, 6.45) is 0. The number of nitrogens with zero attached hydrogens (tertiary/aromatic N) is 1. The number of nitro benzene ring substituents is 1. The third-order valence-corrected chi connectivity index (χ3v) is 3.76. The fourth-order valence-corrected chi connectivity index (χ4v) is 2.42. The SMILES string of the molecule is COc1cccc(CNCc2ccc([N+](=O)[O-])cc2Br)c1. The second-order valence-corrected chi connectivity index (χ2v) is 5.34. The maximum absolute atomic E-state index is 10.7. The van der Waals surface area contributed by atoms with Gasteiger partial charge in [0.25, 0.3) is 5.69 Å². The van der Waals surface area contributed by atoms with E-state index in [9.17, 15) is 10.1 Å². The normalized spacial score (nSPS) is 10.4. The van der Waals surface area contributed by atoms with Gasteiger partial charge >= 0.3 is 0 Å². The van der Waals surface area contributed by atoms with E-state index < -0.39 is 4.92 Å². The predicted molar refractivity (Wildman–Crippen MR) is 84.3 cm³/mol. The molecule has 0 aromatic heterocycles. The number of ether oxygens (including phenoxy) is 1. The van der Waals surface area contributed by atoms with Crippen LogP contribution in [0.25, 0.3) is 0 Å². The first-order chi connectivity index (χ1) is 10.1. The van der Waals surface area contributed by atoms with E-state index in [1.54, 1.807) is 13.2 Å². The Morgan fingerprint density at radius 1 is 1.24 bits per heavy atom. The first-order valence-electron chi connectivity index (χ1n) is 6.36. The van der Waals surface area contributed by atoms with Crippen molar-refractivity contribution in [3.05, 3.63) is 68.2 Å². The quantitative estimate of drug-likeness (QED) is 0.637. The number of nitro groups is 1. The van der Waals surface area contributed by atoms with Crippen LogP contribution in [0, 0.1) is 10.1 Å². The smallest absolute Gasteiger partial charge is 0.270 e. The van der Waals surface area contributed by atoms with Crippen LogP contribution in [0.3, 0.4) is 0 Å². The molecule has 0 aliphatic carbocycles. The summed E-state index contributed by atoms with van der Waals surface area (Å²) < 4.78 is 5.91. The summed E-state index contributed by atoms with van der Waals surface area (Å²) in [6.45, 7) is 1.32. The van der Waals surface area contributed by atoms with Crippen molar-refractivity contribution in [2.75, 3.05) is 7.11 Å². The first kappa shape index (κ1) is 15.5. The fourth-order valence-electron chi connectivity index (χ4n) is 1.92. The average Bonchev–Trinajstić information content (AvgIpc) is 2.49. The van der Waals surface area contributed by atoms with Crippen LogP contribution in [-0.2, 0) is 13.1 Å². The van der Waals surface area contributed by atoms with E-state index in [-0.39, 0.29) is 5.69 Å². The Balaban J connectivity index is 1.95. The van der Waals surface area contributed by atoms with Crippen LogP contribution in [0.15, 0.2) is 46.9 Å². The lowest BCUT2D eigenvalue weighted by Crippen LogP contribution is -2.13. The van der Waals surface area contributed by atoms with E-state index >= 15 is 0 Å². The molecule has 2 rings (SSSR count). The third-order valence-electron chi connectivity index (χ3n) is 3.03. The summed E-state index contributed by atoms with van der Waals surface area (Å²) in [5.41, 5.74) is 2.18. The zero-order valence-electron chi connectivity index (χ0n) is 11.5. The van der Waals surface area contributed by atoms with Crippen molar-refractivity contribution in [1.29, 1.82) is 0 Å². The van der Waals surface area contributed by atoms with Crippen LogP contribution in [0.5, 0.6) is 5.75 Å². The van der Waals surface area contributed by atoms with E-state index in [0.29, 0.717) is 13.1 Å². The summed E-state index contributed by atoms with van der Waals surface area (Å²) in [4.78, 5) is 10.3. The van der Waals surface area contributed by atoms with Gasteiger partial charge in [0.05, 0.1) is 12.0 Å². The number of hydrogen-bond acceptors (Lipinski definition) is 4. The molecule has 0 saturated carbocycles. The molecule has 110 valence electrons. The topological polar surface area (TPSA) is 64.4 Å². The Morgan fingerprint density at radius 2 is 2.05 bits per heavy atom. The van der Waals surface area contributed by atoms with Gasteiger partial charge in [-0.25, -0.2) is 0 Å². The van der Waals surface area contributed by atoms with E-state index in [1.165, 1.54) is 12.1 Å². The lowest BCUT2D eigenvalue weighted by Gasteiger charge is -2.08. The van der Waals surface area contributed by atoms with Gasteiger partial charge in [-0.3, -0.25) is 10.1 Å². The Morgan fingerprint density at radius 3 is 2.71 bits per heavy atom. The number of halogens is 1. The lowest BCUT2D eigenvalue weighted by atomic mass is 10.2. The van der Waals surface area contributed by atoms with Crippen molar-refractivity contribution in [2.45, 2.75) is 13.1 Å². The Hall–Kier alpha value is -1.92. The number of nitrogens with one attached hydrogen (secondary N) is 1. The molecule has 0 spiro atoms. The van der Waals surface area contributed by atoms with Gasteiger partial charge in [0.2, 0.25) is 0 Å². The van der Waals surface area contributed by atoms with E-state index in [1.807, 2.05) is 24.3 Å². The minimum atomic E-state index is -0.405. The number of hydrogen-bond donors (Lipinski definition) is 1. The minimum absolute atomic E-state index is 0.0819. The maximum atomic E-state index is 10.7. The molecule has 0 fully saturated rings. The van der Waals surface area contributed by atoms with Crippen LogP contribution in [-0.4, -0.2) is 12.0 Å². The van der Waals surface area contributed by atoms with Crippen molar-refractivity contribution < 1.29 is 9.66 Å². The highest BCUT2D eigenvalue weighted by molar-refractivity contribution is 9.10. The standard InChI is InChI=1S/C15H15BrN2O3/c1-21-14-4-2-3-11(7-14)9-17-10-12-5-6-13(18(19)20)8-15(12)16/h2-8,17H,9-10H2,1H3. The van der Waals surface area contributed by atoms with Crippen molar-refractivity contribution in [2.24, 2.45) is 0 Å². The summed E-state index contributed by atoms with van der Waals surface area (Å²) >= 11 is 3.36. The number of benzene rings is 2. The van der Waals surface area contributed by atoms with Crippen LogP contribution in [0.1, 0.15) is 11.1 Å². The molecule has 0 atom stereocenters. The summed E-state index contributed by atoms with van der Waals surface area (Å²) in [7, 11) is 1.64. The summed E-state index contributed by atoms with van der Waals surface area (Å²) in [5.74, 6) is 0.825. The predicted octanol–water partition coefficient (Wildman–Crippen LogP) is 3.66. The fraction of sp³-hybridized carbons (Fsp3) is 0.200. The van der Waals surface area contributed by atoms with Gasteiger partial charge < -0.3 is 10.1 Å². The van der Waals surface area contributed by atoms with Crippen molar-refractivity contribution >= 4 is 21.6 Å². The number of rotatable bonds is 6. The van der Waals surface area contributed by atoms with Gasteiger partial charge in [0.1, 0.15) is 5.75 Å². The summed E-state index contributed by atoms with van der Waals surface area (Å²) in [6, 6.07) is 12.6. The lowest BCUT2D eigenvalue weighted by molar-refractivity contribution is -0.384. The van der Waals surface area contributed by atoms with Gasteiger partial charge in [0, 0.05) is 29.7 Å². The third kappa shape index (κ3) is 4.27. The van der Waals surface area contributed by atoms with Gasteiger partial charge in [0.15, 0.2) is 0 Å². The molecule has 1 N–H and O–H groups in total. The van der Waals surface area contributed by atoms with Crippen LogP contribution in [0.4, 0.5) is 5.69 Å². The second-order valence-electron chi connectivity index (χ2n) is 4.49. The molecule has 0 amide bonds. The number of non-ortho nitro benzene ring substituents is 1. The Labute approximate surface area is 131 Å². The molecule has 0 aliphatic heterocycles. The molecule has 0 heterocycles. The minimum Gasteiger partial charge on any atom is -0.497 e. The van der Waals surface area contributed by atoms with Crippen LogP contribution < -0.4 is 10.1 Å². The Bertz CT molecular complexity index is 647. The molecule has 21 heavy (non-hydrogen) atoms. The highest BCUT2D eigenvalue weighted by Crippen LogP contribution is 2.23. The molecular formula is C15H15BrN2O3. The highest BCUT2D eigenvalue weighted by Gasteiger charge is 2.08. The van der Waals surface area contributed by atoms with Crippen molar-refractivity contribution in [1.82, 2.24) is 5.32 Å². The van der Waals surface area contributed by atoms with Crippen LogP contribution in [0.2, 0.25) is 0 Å². The van der Waals surface area contributed by atoms with Crippen LogP contribution >= 0.6 is 15.9 Å². The molecule has 0 saturated heterocycles. The molecule has 5 nitrogen and oxygen atoms in total. The Kier molecular flexibility index (Phi) is 5.30. The molecule has 2 aromatic carbocycles. The number of methoxy groups -OCH3 is 1. The first-order valence-corrected chi connectivity index (χ1v) is 7.16. The van der Waals surface area contributed by atoms with Gasteiger partial charge in [-0.1, -0.05) is 28.1 Å². The molecule has 0 aliphatic rings. The molecule has 0 radical (unpaired) electrons. The monoisotopic (exact) mass is 350 g/mol. The zero-order valence-corrected chi connectivity index (χ0v) is 13.1. The van der Waals surface area contributed by atoms with E-state index in [2.05, 4.69) is 21.2 Å². The summed E-state index contributed by atoms with van der Waals surface area (Å²) in [5, 5.41) is 14.0. The second kappa shape index (κ2) is 7.19. The molecule has 0 bridgehead atoms. The molecule has 6 heteroatoms. The van der Waals surface area contributed by atoms with Crippen molar-refractivity contribution in [3.63, 3.8) is 0 Å². The van der Waals surface area contributed by atoms with E-state index in [0.717, 1.165) is 21.3 Å². The van der Waals surface area contributed by atoms with E-state index in [4.69, 9.17) is 4.74 Å². The van der Waals surface area contributed by atoms with Crippen molar-refractivity contribution in [3.8, 4) is 5.75 Å². The van der Waals surface area contributed by atoms with Gasteiger partial charge in [-0.2, -0.15) is 0 Å². The average molecular weight is 351 g/mol. The highest BCUT2D eigenvalue weighted by atomic mass is 79.9. The molecule has 2 aromatic rings. The van der Waals surface area contributed by atoms with Gasteiger partial charge in [-0.05, 0) is 29.3 Å². The maximum Gasteiger partial charge on any atom is 0.270 e. The largest absolute Gasteiger partial charge is 0.497 e. The molecular weight excluding hydrogens is 336 g/mol. The van der Waals surface area contributed by atoms with Gasteiger partial charge in [-0.15, -0.1) is 0 Å². The zero-order chi connectivity index (χ0) is 15.2. The molecule has 0 unspecified atom stereocenters.